The molecule has 0 bridgehead atoms. The summed E-state index contributed by atoms with van der Waals surface area (Å²) in [7, 11) is 0. The summed E-state index contributed by atoms with van der Waals surface area (Å²) in [4.78, 5) is 0. The normalized spacial score (nSPS) is 14.6. The minimum Gasteiger partial charge on any atom is -0.377 e. The van der Waals surface area contributed by atoms with Crippen molar-refractivity contribution in [1.29, 1.82) is 0 Å². The molecule has 8 N–H and O–H groups in total. The summed E-state index contributed by atoms with van der Waals surface area (Å²) in [6.45, 7) is 7.04. The summed E-state index contributed by atoms with van der Waals surface area (Å²) < 4.78 is 130. The van der Waals surface area contributed by atoms with Crippen molar-refractivity contribution in [2.75, 3.05) is 79.3 Å². The minimum atomic E-state index is -1.35. The molecule has 2 aromatic carbocycles. The van der Waals surface area contributed by atoms with Gasteiger partial charge in [0.25, 0.3) is 0 Å². The number of hydrogen-bond donors (Lipinski definition) is 4. The third-order valence-corrected chi connectivity index (χ3v) is 8.33. The van der Waals surface area contributed by atoms with Crippen molar-refractivity contribution in [3.05, 3.63) is 60.8 Å². The first kappa shape index (κ1) is 52.0. The molecule has 0 aromatic heterocycles. The summed E-state index contributed by atoms with van der Waals surface area (Å²) in [5.74, 6) is -10.8. The van der Waals surface area contributed by atoms with Crippen LogP contribution < -0.4 is 22.9 Å². The Morgan fingerprint density at radius 2 is 0.420 bits per heavy atom. The highest BCUT2D eigenvalue weighted by atomic mass is 127. The summed E-state index contributed by atoms with van der Waals surface area (Å²) in [6, 6.07) is 0. The lowest BCUT2D eigenvalue weighted by molar-refractivity contribution is -0.0334. The molecule has 1 saturated heterocycles. The molecular weight excluding hydrogens is 1190 g/mol. The number of thiocarbonyl (C=S) groups is 2. The van der Waals surface area contributed by atoms with Gasteiger partial charge in [0, 0.05) is 0 Å². The van der Waals surface area contributed by atoms with E-state index in [4.69, 9.17) is 28.4 Å². The number of ether oxygens (including phenoxy) is 6. The smallest absolute Gasteiger partial charge is 0.176 e. The second kappa shape index (κ2) is 31.3. The molecule has 2 aromatic rings. The highest BCUT2D eigenvalue weighted by Crippen LogP contribution is 2.27. The molecule has 0 unspecified atom stereocenters. The fourth-order valence-electron chi connectivity index (χ4n) is 2.48. The first-order valence-corrected chi connectivity index (χ1v) is 18.4. The Bertz CT molecular complexity index is 964. The van der Waals surface area contributed by atoms with Gasteiger partial charge in [-0.25, -0.2) is 35.1 Å². The molecule has 0 amide bonds. The average Bonchev–Trinajstić information content (AvgIpc) is 3.06. The number of halogens is 12. The van der Waals surface area contributed by atoms with Gasteiger partial charge in [0.05, 0.1) is 93.6 Å². The molecule has 10 nitrogen and oxygen atoms in total. The van der Waals surface area contributed by atoms with E-state index in [0.29, 0.717) is 79.3 Å². The largest absolute Gasteiger partial charge is 0.377 e. The van der Waals surface area contributed by atoms with E-state index in [1.807, 2.05) is 0 Å². The van der Waals surface area contributed by atoms with Crippen LogP contribution in [0.5, 0.6) is 0 Å². The summed E-state index contributed by atoms with van der Waals surface area (Å²) in [6.07, 6.45) is 0. The van der Waals surface area contributed by atoms with Gasteiger partial charge in [0.2, 0.25) is 0 Å². The van der Waals surface area contributed by atoms with Crippen molar-refractivity contribution in [2.24, 2.45) is 22.9 Å². The van der Waals surface area contributed by atoms with Crippen LogP contribution in [0.25, 0.3) is 0 Å². The van der Waals surface area contributed by atoms with E-state index in [1.54, 1.807) is 0 Å². The lowest BCUT2D eigenvalue weighted by Gasteiger charge is -2.09. The second-order valence-electron chi connectivity index (χ2n) is 8.25. The Hall–Kier alpha value is -0.0600. The van der Waals surface area contributed by atoms with Crippen molar-refractivity contribution in [3.63, 3.8) is 0 Å². The monoisotopic (exact) mass is 1220 g/mol. The molecule has 0 radical (unpaired) electrons. The molecule has 0 aliphatic carbocycles. The molecule has 1 aliphatic heterocycles. The van der Waals surface area contributed by atoms with E-state index in [-0.39, 0.29) is 10.2 Å². The number of rotatable bonds is 0. The van der Waals surface area contributed by atoms with E-state index in [0.717, 1.165) is 0 Å². The second-order valence-corrected chi connectivity index (χ2v) is 13.5. The van der Waals surface area contributed by atoms with E-state index >= 15 is 0 Å². The van der Waals surface area contributed by atoms with Crippen LogP contribution in [0.4, 0.5) is 35.1 Å². The Balaban J connectivity index is 0. The van der Waals surface area contributed by atoms with Gasteiger partial charge >= 0.3 is 0 Å². The van der Waals surface area contributed by atoms with Gasteiger partial charge in [0.1, 0.15) is 0 Å². The lowest BCUT2D eigenvalue weighted by atomic mass is 10.3. The van der Waals surface area contributed by atoms with Crippen LogP contribution in [0, 0.1) is 60.8 Å². The molecular formula is C26H32F8I4N4O6S2. The molecule has 1 aliphatic rings. The maximum absolute atomic E-state index is 12.6. The molecule has 1 heterocycles. The third-order valence-electron chi connectivity index (χ3n) is 4.54. The van der Waals surface area contributed by atoms with E-state index in [9.17, 15) is 35.1 Å². The highest BCUT2D eigenvalue weighted by molar-refractivity contribution is 14.1. The molecule has 288 valence electrons. The van der Waals surface area contributed by atoms with E-state index < -0.39 is 60.8 Å². The summed E-state index contributed by atoms with van der Waals surface area (Å²) >= 11 is 13.0. The van der Waals surface area contributed by atoms with Crippen molar-refractivity contribution < 1.29 is 63.5 Å². The standard InChI is InChI=1S/C12H24O6.2C6F4I2.2CH4N2S/c1-2-14-5-6-16-9-10-18-12-11-17-8-7-15-4-3-13-1;2*7-1-2(8)6(12)4(10)3(9)5(1)11;2*2-1(3)4/h1-12H2;;;2*(H4,2,3,4). The van der Waals surface area contributed by atoms with Crippen LogP contribution in [-0.2, 0) is 28.4 Å². The Morgan fingerprint density at radius 1 is 0.340 bits per heavy atom. The van der Waals surface area contributed by atoms with Crippen molar-refractivity contribution in [2.45, 2.75) is 0 Å². The Labute approximate surface area is 348 Å². The van der Waals surface area contributed by atoms with Crippen LogP contribution >= 0.6 is 115 Å². The predicted molar refractivity (Wildman–Crippen MR) is 210 cm³/mol. The molecule has 50 heavy (non-hydrogen) atoms. The molecule has 24 heteroatoms. The van der Waals surface area contributed by atoms with Gasteiger partial charge in [-0.2, -0.15) is 0 Å². The lowest BCUT2D eigenvalue weighted by Crippen LogP contribution is -2.18. The van der Waals surface area contributed by atoms with Crippen LogP contribution in [0.1, 0.15) is 0 Å². The molecule has 0 atom stereocenters. The zero-order valence-corrected chi connectivity index (χ0v) is 35.9. The van der Waals surface area contributed by atoms with Crippen molar-refractivity contribution >= 4 is 125 Å². The van der Waals surface area contributed by atoms with Gasteiger partial charge in [0.15, 0.2) is 56.8 Å². The van der Waals surface area contributed by atoms with Gasteiger partial charge in [-0.1, -0.05) is 0 Å². The summed E-state index contributed by atoms with van der Waals surface area (Å²) in [5.41, 5.74) is 18.5. The average molecular weight is 1220 g/mol. The maximum atomic E-state index is 12.6. The van der Waals surface area contributed by atoms with Crippen molar-refractivity contribution in [3.8, 4) is 0 Å². The number of hydrogen-bond acceptors (Lipinski definition) is 8. The highest BCUT2D eigenvalue weighted by Gasteiger charge is 2.22. The SMILES string of the molecule is C1COCCOCCOCCOCCOCCO1.Fc1c(F)c(I)c(F)c(F)c1I.Fc1c(F)c(I)c(F)c(F)c1I.NC(N)=S.NC(N)=S. The van der Waals surface area contributed by atoms with Gasteiger partial charge in [-0.3, -0.25) is 0 Å². The molecule has 0 spiro atoms. The van der Waals surface area contributed by atoms with Crippen molar-refractivity contribution in [1.82, 2.24) is 0 Å². The predicted octanol–water partition coefficient (Wildman–Crippen LogP) is 5.38. The summed E-state index contributed by atoms with van der Waals surface area (Å²) in [5, 5.41) is 0.000000000000000444. The number of benzene rings is 2. The molecule has 0 saturated carbocycles. The topological polar surface area (TPSA) is 159 Å². The van der Waals surface area contributed by atoms with Gasteiger partial charge in [-0.15, -0.1) is 0 Å². The van der Waals surface area contributed by atoms with Crippen LogP contribution in [0.2, 0.25) is 0 Å². The zero-order valence-electron chi connectivity index (χ0n) is 25.6. The molecule has 1 fully saturated rings. The molecule has 3 rings (SSSR count). The van der Waals surface area contributed by atoms with Crippen LogP contribution in [-0.4, -0.2) is 89.5 Å². The Morgan fingerprint density at radius 3 is 0.500 bits per heavy atom. The number of nitrogens with two attached hydrogens (primary N) is 4. The van der Waals surface area contributed by atoms with E-state index in [2.05, 4.69) is 47.4 Å². The van der Waals surface area contributed by atoms with E-state index in [1.165, 1.54) is 90.4 Å². The zero-order chi connectivity index (χ0) is 38.8. The van der Waals surface area contributed by atoms with Gasteiger partial charge in [-0.05, 0) is 115 Å². The minimum absolute atomic E-state index is 0.000000000000000222. The maximum Gasteiger partial charge on any atom is 0.176 e. The quantitative estimate of drug-likeness (QED) is 0.0880. The first-order chi connectivity index (χ1) is 23.4. The van der Waals surface area contributed by atoms with Gasteiger partial charge < -0.3 is 51.4 Å². The Kier molecular flexibility index (Phi) is 32.6. The fraction of sp³-hybridized carbons (Fsp3) is 0.462. The third kappa shape index (κ3) is 24.3. The fourth-order valence-corrected chi connectivity index (χ4v) is 4.37. The van der Waals surface area contributed by atoms with Crippen LogP contribution in [0.15, 0.2) is 0 Å². The first-order valence-electron chi connectivity index (χ1n) is 13.3. The van der Waals surface area contributed by atoms with Crippen LogP contribution in [0.3, 0.4) is 0 Å².